The van der Waals surface area contributed by atoms with Gasteiger partial charge < -0.3 is 0 Å². The van der Waals surface area contributed by atoms with E-state index < -0.39 is 287 Å². The summed E-state index contributed by atoms with van der Waals surface area (Å²) in [4.78, 5) is 0. The minimum absolute atomic E-state index is 0. The fraction of sp³-hybridized carbons (Fsp3) is 0. The van der Waals surface area contributed by atoms with Gasteiger partial charge in [0.05, 0.1) is 44.5 Å². The minimum Gasteiger partial charge on any atom is -0.0619 e. The Balaban J connectivity index is 0.000000297. The topological polar surface area (TPSA) is 0 Å². The Morgan fingerprint density at radius 1 is 0.200 bits per heavy atom. The molecule has 10 aromatic carbocycles. The normalized spacial score (nSPS) is 11.2. The molecule has 0 saturated heterocycles. The maximum atomic E-state index is 16.1. The Hall–Kier alpha value is -8.47. The van der Waals surface area contributed by atoms with Crippen molar-refractivity contribution in [1.29, 1.82) is 0 Å². The van der Waals surface area contributed by atoms with E-state index in [1.807, 2.05) is 0 Å². The van der Waals surface area contributed by atoms with Crippen molar-refractivity contribution in [3.8, 4) is 0 Å². The molecule has 0 nitrogen and oxygen atoms in total. The van der Waals surface area contributed by atoms with Gasteiger partial charge in [-0.05, 0) is 24.3 Å². The molecule has 10 rings (SSSR count). The first kappa shape index (κ1) is 95.4. The van der Waals surface area contributed by atoms with Crippen molar-refractivity contribution in [2.45, 2.75) is 0 Å². The average Bonchev–Trinajstić information content (AvgIpc) is 0.685. The second kappa shape index (κ2) is 38.3. The zero-order valence-electron chi connectivity index (χ0n) is 56.8. The average molecular weight is 2090 g/mol. The smallest absolute Gasteiger partial charge is 0.0619 e. The van der Waals surface area contributed by atoms with Gasteiger partial charge in [0.1, 0.15) is 105 Å². The van der Waals surface area contributed by atoms with Crippen molar-refractivity contribution in [2.24, 2.45) is 0 Å². The van der Waals surface area contributed by atoms with Crippen molar-refractivity contribution in [1.82, 2.24) is 0 Å². The van der Waals surface area contributed by atoms with Crippen molar-refractivity contribution in [2.75, 3.05) is 0 Å². The van der Waals surface area contributed by atoms with Crippen LogP contribution in [0.15, 0.2) is 113 Å². The second-order valence-electron chi connectivity index (χ2n) is 22.8. The van der Waals surface area contributed by atoms with Crippen LogP contribution in [0, 0.1) is 193 Å². The molecule has 0 radical (unpaired) electrons. The predicted octanol–water partition coefficient (Wildman–Crippen LogP) is 11.3. The summed E-state index contributed by atoms with van der Waals surface area (Å²) in [5.41, 5.74) is -39.3. The maximum absolute atomic E-state index is 16.1. The summed E-state index contributed by atoms with van der Waals surface area (Å²) in [7, 11) is 0. The molecule has 0 aliphatic rings. The largest absolute Gasteiger partial charge is 1.00 e. The Labute approximate surface area is 681 Å². The SMILES string of the molecule is C=Cc1c(F)c(F)c([B-](c2c(F)c(F)c(C=C)c(F)c2F)(c2c(F)c(F)c(C=C)c(F)c2F)c2c(F)c(F)c(C=C)c(F)c2F)c(F)c1F.C=Cc1c(F)c(F)c([B-](c2c(F)c(F)c(C=C)c(F)c2F)(c2c(F)c(F)c(C=C)c(F)c2F)c2c(F)c(F)c(C=C)c(F)c2F)c(F)c1F.I[I-]I.[Li+].c1ccc([I+]c2ccccc2)cc1. The molecule has 0 spiro atoms. The van der Waals surface area contributed by atoms with Crippen molar-refractivity contribution < 1.29 is 194 Å². The molecular weight excluding hydrogens is 2060 g/mol. The molecular formula is C76H34B2F32I4Li-. The van der Waals surface area contributed by atoms with Crippen molar-refractivity contribution in [3.63, 3.8) is 0 Å². The number of hydrogen-bond acceptors (Lipinski definition) is 0. The van der Waals surface area contributed by atoms with E-state index in [1.54, 1.807) is 0 Å². The van der Waals surface area contributed by atoms with Crippen LogP contribution in [0.5, 0.6) is 0 Å². The van der Waals surface area contributed by atoms with E-state index >= 15 is 140 Å². The minimum atomic E-state index is -6.71. The van der Waals surface area contributed by atoms with E-state index in [2.05, 4.69) is 151 Å². The molecule has 115 heavy (non-hydrogen) atoms. The molecule has 0 heterocycles. The molecule has 0 aliphatic heterocycles. The van der Waals surface area contributed by atoms with Gasteiger partial charge in [-0.25, -0.2) is 140 Å². The van der Waals surface area contributed by atoms with Crippen LogP contribution in [0.25, 0.3) is 48.6 Å². The molecule has 0 bridgehead atoms. The fourth-order valence-corrected chi connectivity index (χ4v) is 14.9. The van der Waals surface area contributed by atoms with Crippen LogP contribution in [-0.2, 0) is 0 Å². The van der Waals surface area contributed by atoms with Crippen LogP contribution in [0.4, 0.5) is 140 Å². The van der Waals surface area contributed by atoms with Gasteiger partial charge in [-0.2, -0.15) is 0 Å². The van der Waals surface area contributed by atoms with Crippen LogP contribution < -0.4 is 97.0 Å². The third kappa shape index (κ3) is 15.8. The van der Waals surface area contributed by atoms with Gasteiger partial charge in [0, 0.05) is 0 Å². The fourth-order valence-electron chi connectivity index (χ4n) is 12.6. The maximum Gasteiger partial charge on any atom is 1.00 e. The van der Waals surface area contributed by atoms with E-state index in [0.717, 1.165) is 0 Å². The molecule has 0 aromatic heterocycles. The first-order chi connectivity index (χ1) is 53.6. The third-order valence-electron chi connectivity index (χ3n) is 17.4. The molecule has 598 valence electrons. The molecule has 10 aromatic rings. The Morgan fingerprint density at radius 3 is 0.383 bits per heavy atom. The number of hydrogen-bond donors (Lipinski definition) is 0. The molecule has 39 heteroatoms. The third-order valence-corrected chi connectivity index (χ3v) is 20.1. The van der Waals surface area contributed by atoms with Gasteiger partial charge in [-0.3, -0.25) is 0 Å². The Morgan fingerprint density at radius 2 is 0.296 bits per heavy atom. The summed E-state index contributed by atoms with van der Waals surface area (Å²) >= 11 is 5.33. The first-order valence-corrected chi connectivity index (χ1v) is 45.1. The number of halogens is 36. The Kier molecular flexibility index (Phi) is 31.8. The standard InChI is InChI=1S/2C32H12BF16.C12H10I.I3.Li/c2*1-5-9-17(34)25(42)13(26(43)18(9)35)33(14-27(44)19(36)10(6-2)20(37)28(14)45,15-29(46)21(38)11(7-3)22(39)30(15)47)16-31(48)23(40)12(8-4)24(41)32(16)49;1-3-7-11(8-4-1)13-12-9-5-2-6-10-12;1-3-2;/h2*5-8H,1-4H2;1-10H;;/q2*-1;+1;-1;+1. The van der Waals surface area contributed by atoms with Gasteiger partial charge >= 0.3 is 90.6 Å². The van der Waals surface area contributed by atoms with Gasteiger partial charge in [-0.15, -0.1) is 43.7 Å². The molecule has 0 fully saturated rings. The van der Waals surface area contributed by atoms with Gasteiger partial charge in [0.2, 0.25) is 0 Å². The molecule has 0 aliphatic carbocycles. The van der Waals surface area contributed by atoms with Gasteiger partial charge in [0.25, 0.3) is 0 Å². The summed E-state index contributed by atoms with van der Waals surface area (Å²) in [5, 5.41) is 0. The summed E-state index contributed by atoms with van der Waals surface area (Å²) in [6, 6.07) is 21.4. The van der Waals surface area contributed by atoms with Crippen molar-refractivity contribution in [3.05, 3.63) is 351 Å². The predicted molar refractivity (Wildman–Crippen MR) is 378 cm³/mol. The van der Waals surface area contributed by atoms with Crippen LogP contribution >= 0.6 is 37.2 Å². The van der Waals surface area contributed by atoms with Crippen molar-refractivity contribution >= 4 is 142 Å². The Bertz CT molecular complexity index is 4510. The monoisotopic (exact) mass is 2090 g/mol. The van der Waals surface area contributed by atoms with Crippen LogP contribution in [0.3, 0.4) is 0 Å². The van der Waals surface area contributed by atoms with Crippen LogP contribution in [0.2, 0.25) is 0 Å². The van der Waals surface area contributed by atoms with E-state index in [-0.39, 0.29) is 88.7 Å². The quantitative estimate of drug-likeness (QED) is 0.0348. The zero-order chi connectivity index (χ0) is 86.0. The summed E-state index contributed by atoms with van der Waals surface area (Å²) < 4.78 is 506. The first-order valence-electron chi connectivity index (χ1n) is 30.4. The van der Waals surface area contributed by atoms with E-state index in [0.29, 0.717) is 13.3 Å². The summed E-state index contributed by atoms with van der Waals surface area (Å²) in [5.74, 6) is -95.0. The molecule has 0 atom stereocenters. The zero-order valence-corrected chi connectivity index (χ0v) is 65.4. The van der Waals surface area contributed by atoms with Gasteiger partial charge in [-0.1, -0.05) is 138 Å². The van der Waals surface area contributed by atoms with E-state index in [1.165, 1.54) is 7.14 Å². The van der Waals surface area contributed by atoms with E-state index in [9.17, 15) is 0 Å². The molecule has 0 amide bonds. The number of rotatable bonds is 18. The second-order valence-corrected chi connectivity index (χ2v) is 42.0. The molecule has 0 saturated carbocycles. The van der Waals surface area contributed by atoms with Gasteiger partial charge in [0.15, 0.2) is 100 Å². The van der Waals surface area contributed by atoms with E-state index in [4.69, 9.17) is 0 Å². The van der Waals surface area contributed by atoms with Crippen LogP contribution in [0.1, 0.15) is 44.5 Å². The molecule has 0 unspecified atom stereocenters. The number of benzene rings is 10. The summed E-state index contributed by atoms with van der Waals surface area (Å²) in [6.45, 7) is 22.6. The molecule has 0 N–H and O–H groups in total. The summed E-state index contributed by atoms with van der Waals surface area (Å²) in [6.07, 6.45) is -13.3. The van der Waals surface area contributed by atoms with Crippen LogP contribution in [-0.4, -0.2) is 12.3 Å².